The summed E-state index contributed by atoms with van der Waals surface area (Å²) in [6, 6.07) is 11.5. The molecule has 134 valence electrons. The second-order valence-electron chi connectivity index (χ2n) is 5.73. The van der Waals surface area contributed by atoms with Gasteiger partial charge in [-0.05, 0) is 42.7 Å². The Morgan fingerprint density at radius 3 is 2.44 bits per heavy atom. The van der Waals surface area contributed by atoms with Gasteiger partial charge in [0.2, 0.25) is 0 Å². The van der Waals surface area contributed by atoms with Crippen LogP contribution >= 0.6 is 0 Å². The van der Waals surface area contributed by atoms with Gasteiger partial charge in [-0.3, -0.25) is 4.98 Å². The summed E-state index contributed by atoms with van der Waals surface area (Å²) in [6.07, 6.45) is 2.73. The van der Waals surface area contributed by atoms with E-state index < -0.39 is 12.1 Å². The van der Waals surface area contributed by atoms with Crippen molar-refractivity contribution in [1.29, 1.82) is 0 Å². The van der Waals surface area contributed by atoms with Crippen LogP contribution in [0.2, 0.25) is 0 Å². The number of aliphatic hydroxyl groups excluding tert-OH is 1. The first-order valence-corrected chi connectivity index (χ1v) is 8.62. The van der Waals surface area contributed by atoms with E-state index in [0.717, 1.165) is 29.8 Å². The fourth-order valence-electron chi connectivity index (χ4n) is 2.35. The molecule has 0 bridgehead atoms. The maximum Gasteiger partial charge on any atom is 0.335 e. The summed E-state index contributed by atoms with van der Waals surface area (Å²) in [4.78, 5) is 15.8. The lowest BCUT2D eigenvalue weighted by atomic mass is 10.1. The monoisotopic (exact) mass is 343 g/mol. The molecule has 0 fully saturated rings. The van der Waals surface area contributed by atoms with Gasteiger partial charge in [0.25, 0.3) is 0 Å². The molecule has 0 radical (unpaired) electrons. The van der Waals surface area contributed by atoms with Crippen LogP contribution in [-0.2, 0) is 28.8 Å². The number of aromatic nitrogens is 1. The number of rotatable bonds is 9. The number of carbonyl (C=O) groups excluding carboxylic acids is 1. The van der Waals surface area contributed by atoms with Gasteiger partial charge in [-0.2, -0.15) is 0 Å². The third-order valence-electron chi connectivity index (χ3n) is 3.83. The van der Waals surface area contributed by atoms with Crippen LogP contribution in [0.1, 0.15) is 30.7 Å². The molecule has 0 aliphatic carbocycles. The van der Waals surface area contributed by atoms with Crippen LogP contribution in [-0.4, -0.2) is 35.4 Å². The van der Waals surface area contributed by atoms with Crippen LogP contribution in [0.15, 0.2) is 42.6 Å². The highest BCUT2D eigenvalue weighted by Gasteiger charge is 2.16. The van der Waals surface area contributed by atoms with Gasteiger partial charge in [-0.15, -0.1) is 0 Å². The zero-order chi connectivity index (χ0) is 18.1. The minimum atomic E-state index is -1.14. The van der Waals surface area contributed by atoms with E-state index in [9.17, 15) is 9.90 Å². The van der Waals surface area contributed by atoms with Gasteiger partial charge in [-0.25, -0.2) is 4.79 Å². The normalized spacial score (nSPS) is 11.8. The number of pyridine rings is 1. The molecule has 5 heteroatoms. The Morgan fingerprint density at radius 2 is 1.84 bits per heavy atom. The van der Waals surface area contributed by atoms with Gasteiger partial charge >= 0.3 is 5.97 Å². The van der Waals surface area contributed by atoms with E-state index in [2.05, 4.69) is 18.0 Å². The van der Waals surface area contributed by atoms with E-state index in [1.807, 2.05) is 36.5 Å². The van der Waals surface area contributed by atoms with Gasteiger partial charge in [0, 0.05) is 24.7 Å². The number of benzene rings is 1. The maximum atomic E-state index is 11.4. The summed E-state index contributed by atoms with van der Waals surface area (Å²) in [5.74, 6) is 0.156. The molecule has 1 aromatic carbocycles. The van der Waals surface area contributed by atoms with Gasteiger partial charge in [0.05, 0.1) is 13.2 Å². The molecule has 0 aliphatic heterocycles. The number of hydrogen-bond acceptors (Lipinski definition) is 5. The lowest BCUT2D eigenvalue weighted by molar-refractivity contribution is -0.152. The van der Waals surface area contributed by atoms with Crippen molar-refractivity contribution in [2.24, 2.45) is 0 Å². The molecule has 0 saturated heterocycles. The summed E-state index contributed by atoms with van der Waals surface area (Å²) in [5.41, 5.74) is 3.08. The second-order valence-corrected chi connectivity index (χ2v) is 5.73. The quantitative estimate of drug-likeness (QED) is 0.709. The molecule has 1 unspecified atom stereocenters. The van der Waals surface area contributed by atoms with Crippen molar-refractivity contribution in [3.63, 3.8) is 0 Å². The third kappa shape index (κ3) is 6.19. The first-order chi connectivity index (χ1) is 12.1. The molecular weight excluding hydrogens is 318 g/mol. The van der Waals surface area contributed by atoms with E-state index in [0.29, 0.717) is 6.61 Å². The predicted octanol–water partition coefficient (Wildman–Crippen LogP) is 2.73. The van der Waals surface area contributed by atoms with Crippen LogP contribution in [0, 0.1) is 0 Å². The van der Waals surface area contributed by atoms with E-state index in [4.69, 9.17) is 9.47 Å². The number of nitrogens with zero attached hydrogens (tertiary/aromatic N) is 1. The van der Waals surface area contributed by atoms with Crippen molar-refractivity contribution in [2.45, 2.75) is 39.2 Å². The van der Waals surface area contributed by atoms with Gasteiger partial charge < -0.3 is 14.6 Å². The average Bonchev–Trinajstić information content (AvgIpc) is 2.64. The van der Waals surface area contributed by atoms with E-state index in [1.54, 1.807) is 6.92 Å². The van der Waals surface area contributed by atoms with Gasteiger partial charge in [0.1, 0.15) is 5.75 Å². The Labute approximate surface area is 148 Å². The number of hydrogen-bond donors (Lipinski definition) is 1. The summed E-state index contributed by atoms with van der Waals surface area (Å²) >= 11 is 0. The summed E-state index contributed by atoms with van der Waals surface area (Å²) in [5, 5.41) is 9.76. The van der Waals surface area contributed by atoms with Crippen molar-refractivity contribution in [3.8, 4) is 5.75 Å². The summed E-state index contributed by atoms with van der Waals surface area (Å²) in [6.45, 7) is 4.63. The third-order valence-corrected chi connectivity index (χ3v) is 3.83. The molecule has 0 amide bonds. The molecule has 0 saturated carbocycles. The van der Waals surface area contributed by atoms with E-state index in [1.165, 1.54) is 5.56 Å². The lowest BCUT2D eigenvalue weighted by Crippen LogP contribution is -2.25. The Bertz CT molecular complexity index is 652. The fourth-order valence-corrected chi connectivity index (χ4v) is 2.35. The van der Waals surface area contributed by atoms with Crippen molar-refractivity contribution < 1.29 is 19.4 Å². The molecule has 5 nitrogen and oxygen atoms in total. The molecule has 1 N–H and O–H groups in total. The molecule has 1 atom stereocenters. The van der Waals surface area contributed by atoms with E-state index in [-0.39, 0.29) is 13.0 Å². The molecule has 1 aromatic heterocycles. The molecule has 25 heavy (non-hydrogen) atoms. The maximum absolute atomic E-state index is 11.4. The number of carbonyl (C=O) groups is 1. The number of aliphatic hydroxyl groups is 1. The zero-order valence-corrected chi connectivity index (χ0v) is 14.8. The average molecular weight is 343 g/mol. The molecule has 2 aromatic rings. The van der Waals surface area contributed by atoms with Crippen LogP contribution in [0.4, 0.5) is 0 Å². The van der Waals surface area contributed by atoms with Crippen LogP contribution in [0.3, 0.4) is 0 Å². The highest BCUT2D eigenvalue weighted by molar-refractivity contribution is 5.74. The Kier molecular flexibility index (Phi) is 7.41. The first kappa shape index (κ1) is 18.9. The van der Waals surface area contributed by atoms with Crippen molar-refractivity contribution in [3.05, 3.63) is 59.4 Å². The highest BCUT2D eigenvalue weighted by Crippen LogP contribution is 2.14. The van der Waals surface area contributed by atoms with Crippen molar-refractivity contribution in [1.82, 2.24) is 4.98 Å². The molecule has 2 rings (SSSR count). The minimum Gasteiger partial charge on any atom is -0.493 e. The SMILES string of the molecule is CCOC(=O)C(O)Cc1ccc(OCCc2ccc(CC)cn2)cc1. The number of aryl methyl sites for hydroxylation is 1. The Hall–Kier alpha value is -2.40. The smallest absolute Gasteiger partial charge is 0.335 e. The number of ether oxygens (including phenoxy) is 2. The van der Waals surface area contributed by atoms with E-state index >= 15 is 0 Å². The lowest BCUT2D eigenvalue weighted by Gasteiger charge is -2.10. The summed E-state index contributed by atoms with van der Waals surface area (Å²) in [7, 11) is 0. The highest BCUT2D eigenvalue weighted by atomic mass is 16.5. The molecular formula is C20H25NO4. The zero-order valence-electron chi connectivity index (χ0n) is 14.8. The van der Waals surface area contributed by atoms with Crippen LogP contribution in [0.5, 0.6) is 5.75 Å². The largest absolute Gasteiger partial charge is 0.493 e. The van der Waals surface area contributed by atoms with Crippen molar-refractivity contribution in [2.75, 3.05) is 13.2 Å². The van der Waals surface area contributed by atoms with Gasteiger partial charge in [-0.1, -0.05) is 25.1 Å². The van der Waals surface area contributed by atoms with Gasteiger partial charge in [0.15, 0.2) is 6.10 Å². The topological polar surface area (TPSA) is 68.7 Å². The summed E-state index contributed by atoms with van der Waals surface area (Å²) < 4.78 is 10.5. The Morgan fingerprint density at radius 1 is 1.12 bits per heavy atom. The standard InChI is InChI=1S/C20H25NO4/c1-3-15-5-8-17(21-14-15)11-12-25-18-9-6-16(7-10-18)13-19(22)20(23)24-4-2/h5-10,14,19,22H,3-4,11-13H2,1-2H3. The first-order valence-electron chi connectivity index (χ1n) is 8.62. The Balaban J connectivity index is 1.78. The van der Waals surface area contributed by atoms with Crippen molar-refractivity contribution >= 4 is 5.97 Å². The molecule has 0 aliphatic rings. The number of esters is 1. The van der Waals surface area contributed by atoms with Crippen LogP contribution in [0.25, 0.3) is 0 Å². The predicted molar refractivity (Wildman–Crippen MR) is 95.6 cm³/mol. The molecule has 0 spiro atoms. The second kappa shape index (κ2) is 9.79. The van der Waals surface area contributed by atoms with Crippen LogP contribution < -0.4 is 4.74 Å². The fraction of sp³-hybridized carbons (Fsp3) is 0.400. The minimum absolute atomic E-state index is 0.229. The molecule has 1 heterocycles.